The highest BCUT2D eigenvalue weighted by Gasteiger charge is 2.18. The van der Waals surface area contributed by atoms with E-state index in [-0.39, 0.29) is 17.4 Å². The van der Waals surface area contributed by atoms with Crippen LogP contribution < -0.4 is 9.88 Å². The first-order chi connectivity index (χ1) is 9.38. The fourth-order valence-electron chi connectivity index (χ4n) is 2.16. The van der Waals surface area contributed by atoms with E-state index in [9.17, 15) is 13.2 Å². The van der Waals surface area contributed by atoms with Crippen LogP contribution in [0.1, 0.15) is 18.4 Å². The second kappa shape index (κ2) is 5.80. The predicted molar refractivity (Wildman–Crippen MR) is 73.9 cm³/mol. The summed E-state index contributed by atoms with van der Waals surface area (Å²) in [5.41, 5.74) is 0.630. The van der Waals surface area contributed by atoms with E-state index in [0.29, 0.717) is 11.3 Å². The number of ether oxygens (including phenoxy) is 1. The summed E-state index contributed by atoms with van der Waals surface area (Å²) in [6.45, 7) is 3.25. The van der Waals surface area contributed by atoms with Crippen molar-refractivity contribution in [2.24, 2.45) is 5.14 Å². The molecule has 1 aromatic rings. The summed E-state index contributed by atoms with van der Waals surface area (Å²) in [5.74, 6) is 0.447. The largest absolute Gasteiger partial charge is 0.483 e. The van der Waals surface area contributed by atoms with Crippen LogP contribution in [0.3, 0.4) is 0 Å². The van der Waals surface area contributed by atoms with Crippen molar-refractivity contribution in [1.29, 1.82) is 0 Å². The zero-order valence-electron chi connectivity index (χ0n) is 11.3. The molecule has 1 fully saturated rings. The van der Waals surface area contributed by atoms with Crippen molar-refractivity contribution >= 4 is 15.9 Å². The zero-order valence-corrected chi connectivity index (χ0v) is 12.1. The molecule has 0 aliphatic carbocycles. The lowest BCUT2D eigenvalue weighted by atomic mass is 10.2. The molecular formula is C13H18N2O4S. The quantitative estimate of drug-likeness (QED) is 0.883. The third-order valence-corrected chi connectivity index (χ3v) is 4.20. The minimum atomic E-state index is -3.72. The first-order valence-electron chi connectivity index (χ1n) is 6.42. The van der Waals surface area contributed by atoms with Gasteiger partial charge in [0.2, 0.25) is 10.0 Å². The van der Waals surface area contributed by atoms with Crippen LogP contribution in [0.15, 0.2) is 23.1 Å². The molecule has 2 rings (SSSR count). The number of carbonyl (C=O) groups is 1. The van der Waals surface area contributed by atoms with E-state index >= 15 is 0 Å². The van der Waals surface area contributed by atoms with Gasteiger partial charge in [0.15, 0.2) is 6.61 Å². The number of hydrogen-bond donors (Lipinski definition) is 1. The van der Waals surface area contributed by atoms with E-state index in [1.165, 1.54) is 18.2 Å². The Balaban J connectivity index is 2.01. The monoisotopic (exact) mass is 298 g/mol. The van der Waals surface area contributed by atoms with Crippen LogP contribution in [-0.2, 0) is 14.8 Å². The molecule has 7 heteroatoms. The number of nitrogens with zero attached hydrogens (tertiary/aromatic N) is 1. The van der Waals surface area contributed by atoms with E-state index in [2.05, 4.69) is 0 Å². The Bertz CT molecular complexity index is 607. The number of amides is 1. The average Bonchev–Trinajstić information content (AvgIpc) is 2.89. The molecule has 1 saturated heterocycles. The van der Waals surface area contributed by atoms with Gasteiger partial charge in [0.25, 0.3) is 5.91 Å². The summed E-state index contributed by atoms with van der Waals surface area (Å²) < 4.78 is 27.9. The van der Waals surface area contributed by atoms with Gasteiger partial charge in [0.05, 0.1) is 4.90 Å². The van der Waals surface area contributed by atoms with Crippen LogP contribution in [0.5, 0.6) is 5.75 Å². The van der Waals surface area contributed by atoms with Crippen molar-refractivity contribution in [3.05, 3.63) is 23.8 Å². The van der Waals surface area contributed by atoms with Gasteiger partial charge in [0, 0.05) is 13.1 Å². The number of rotatable bonds is 4. The Labute approximate surface area is 118 Å². The van der Waals surface area contributed by atoms with Crippen molar-refractivity contribution in [2.45, 2.75) is 24.7 Å². The summed E-state index contributed by atoms with van der Waals surface area (Å²) in [6.07, 6.45) is 2.07. The lowest BCUT2D eigenvalue weighted by Crippen LogP contribution is -2.32. The number of hydrogen-bond acceptors (Lipinski definition) is 4. The van der Waals surface area contributed by atoms with Crippen LogP contribution in [0.4, 0.5) is 0 Å². The van der Waals surface area contributed by atoms with Crippen LogP contribution in [0.25, 0.3) is 0 Å². The molecule has 1 aliphatic heterocycles. The summed E-state index contributed by atoms with van der Waals surface area (Å²) in [7, 11) is -3.72. The van der Waals surface area contributed by atoms with Crippen molar-refractivity contribution in [1.82, 2.24) is 4.90 Å². The van der Waals surface area contributed by atoms with Gasteiger partial charge in [-0.3, -0.25) is 4.79 Å². The van der Waals surface area contributed by atoms with Crippen LogP contribution in [0, 0.1) is 6.92 Å². The molecule has 1 aliphatic rings. The summed E-state index contributed by atoms with van der Waals surface area (Å²) in [5, 5.41) is 5.05. The number of sulfonamides is 1. The molecule has 0 spiro atoms. The summed E-state index contributed by atoms with van der Waals surface area (Å²) in [4.78, 5) is 13.6. The van der Waals surface area contributed by atoms with Crippen LogP contribution in [0.2, 0.25) is 0 Å². The first kappa shape index (κ1) is 14.8. The molecular weight excluding hydrogens is 280 g/mol. The molecule has 110 valence electrons. The highest BCUT2D eigenvalue weighted by Crippen LogP contribution is 2.21. The van der Waals surface area contributed by atoms with Crippen molar-refractivity contribution in [3.63, 3.8) is 0 Å². The Kier molecular flexibility index (Phi) is 4.29. The van der Waals surface area contributed by atoms with Crippen molar-refractivity contribution < 1.29 is 17.9 Å². The third-order valence-electron chi connectivity index (χ3n) is 3.28. The number of aryl methyl sites for hydroxylation is 1. The molecule has 1 aromatic carbocycles. The van der Waals surface area contributed by atoms with Gasteiger partial charge in [-0.05, 0) is 43.5 Å². The standard InChI is InChI=1S/C13H18N2O4S/c1-10-8-11(20(14,17)18)4-5-12(10)19-9-13(16)15-6-2-3-7-15/h4-5,8H,2-3,6-7,9H2,1H3,(H2,14,17,18). The topological polar surface area (TPSA) is 89.7 Å². The van der Waals surface area contributed by atoms with Crippen molar-refractivity contribution in [3.8, 4) is 5.75 Å². The van der Waals surface area contributed by atoms with E-state index in [1.54, 1.807) is 11.8 Å². The molecule has 0 unspecified atom stereocenters. The fraction of sp³-hybridized carbons (Fsp3) is 0.462. The molecule has 20 heavy (non-hydrogen) atoms. The number of benzene rings is 1. The maximum absolute atomic E-state index is 11.8. The molecule has 0 bridgehead atoms. The normalized spacial score (nSPS) is 15.4. The highest BCUT2D eigenvalue weighted by molar-refractivity contribution is 7.89. The number of likely N-dealkylation sites (tertiary alicyclic amines) is 1. The van der Waals surface area contributed by atoms with Gasteiger partial charge in [0.1, 0.15) is 5.75 Å². The molecule has 1 amide bonds. The van der Waals surface area contributed by atoms with E-state index in [4.69, 9.17) is 9.88 Å². The Morgan fingerprint density at radius 3 is 2.55 bits per heavy atom. The van der Waals surface area contributed by atoms with Gasteiger partial charge >= 0.3 is 0 Å². The summed E-state index contributed by atoms with van der Waals surface area (Å²) in [6, 6.07) is 4.33. The average molecular weight is 298 g/mol. The van der Waals surface area contributed by atoms with E-state index < -0.39 is 10.0 Å². The second-order valence-corrected chi connectivity index (χ2v) is 6.41. The van der Waals surface area contributed by atoms with Crippen LogP contribution in [-0.4, -0.2) is 38.9 Å². The summed E-state index contributed by atoms with van der Waals surface area (Å²) >= 11 is 0. The van der Waals surface area contributed by atoms with Gasteiger partial charge in [-0.1, -0.05) is 0 Å². The van der Waals surface area contributed by atoms with Crippen LogP contribution >= 0.6 is 0 Å². The fourth-order valence-corrected chi connectivity index (χ4v) is 2.76. The van der Waals surface area contributed by atoms with Gasteiger partial charge in [-0.2, -0.15) is 0 Å². The SMILES string of the molecule is Cc1cc(S(N)(=O)=O)ccc1OCC(=O)N1CCCC1. The smallest absolute Gasteiger partial charge is 0.260 e. The molecule has 1 heterocycles. The molecule has 0 saturated carbocycles. The predicted octanol–water partition coefficient (Wildman–Crippen LogP) is 0.644. The highest BCUT2D eigenvalue weighted by atomic mass is 32.2. The molecule has 2 N–H and O–H groups in total. The minimum Gasteiger partial charge on any atom is -0.483 e. The lowest BCUT2D eigenvalue weighted by Gasteiger charge is -2.16. The minimum absolute atomic E-state index is 0.0322. The van der Waals surface area contributed by atoms with E-state index in [0.717, 1.165) is 25.9 Å². The van der Waals surface area contributed by atoms with Crippen molar-refractivity contribution in [2.75, 3.05) is 19.7 Å². The van der Waals surface area contributed by atoms with Gasteiger partial charge < -0.3 is 9.64 Å². The van der Waals surface area contributed by atoms with E-state index in [1.807, 2.05) is 0 Å². The second-order valence-electron chi connectivity index (χ2n) is 4.85. The maximum Gasteiger partial charge on any atom is 0.260 e. The molecule has 0 radical (unpaired) electrons. The van der Waals surface area contributed by atoms with Gasteiger partial charge in [-0.15, -0.1) is 0 Å². The number of primary sulfonamides is 1. The number of carbonyl (C=O) groups excluding carboxylic acids is 1. The lowest BCUT2D eigenvalue weighted by molar-refractivity contribution is -0.132. The molecule has 0 atom stereocenters. The maximum atomic E-state index is 11.8. The Morgan fingerprint density at radius 2 is 2.00 bits per heavy atom. The third kappa shape index (κ3) is 3.49. The first-order valence-corrected chi connectivity index (χ1v) is 7.96. The van der Waals surface area contributed by atoms with Gasteiger partial charge in [-0.25, -0.2) is 13.6 Å². The Hall–Kier alpha value is -1.60. The zero-order chi connectivity index (χ0) is 14.8. The molecule has 6 nitrogen and oxygen atoms in total. The Morgan fingerprint density at radius 1 is 1.35 bits per heavy atom. The number of nitrogens with two attached hydrogens (primary N) is 1. The molecule has 0 aromatic heterocycles.